The molecule has 1 aromatic heterocycles. The molecule has 0 radical (unpaired) electrons. The molecule has 6 aromatic rings. The van der Waals surface area contributed by atoms with Crippen LogP contribution in [0, 0.1) is 0 Å². The van der Waals surface area contributed by atoms with Gasteiger partial charge in [-0.2, -0.15) is 0 Å². The van der Waals surface area contributed by atoms with Crippen LogP contribution in [0.4, 0.5) is 34.1 Å². The third-order valence-corrected chi connectivity index (χ3v) is 13.0. The van der Waals surface area contributed by atoms with E-state index in [1.54, 1.807) is 0 Å². The molecule has 0 N–H and O–H groups in total. The van der Waals surface area contributed by atoms with Crippen molar-refractivity contribution < 1.29 is 0 Å². The Morgan fingerprint density at radius 1 is 0.673 bits per heavy atom. The molecule has 0 saturated heterocycles. The van der Waals surface area contributed by atoms with Gasteiger partial charge in [-0.1, -0.05) is 115 Å². The van der Waals surface area contributed by atoms with Crippen LogP contribution in [0.2, 0.25) is 5.02 Å². The van der Waals surface area contributed by atoms with E-state index in [1.807, 2.05) is 11.3 Å². The van der Waals surface area contributed by atoms with Gasteiger partial charge in [-0.15, -0.1) is 11.3 Å². The molecular formula is C44H42BClN2S. The van der Waals surface area contributed by atoms with E-state index in [1.165, 1.54) is 72.4 Å². The Morgan fingerprint density at radius 3 is 1.94 bits per heavy atom. The van der Waals surface area contributed by atoms with Crippen molar-refractivity contribution in [3.8, 4) is 0 Å². The van der Waals surface area contributed by atoms with Gasteiger partial charge in [0.05, 0.1) is 5.69 Å². The second-order valence-electron chi connectivity index (χ2n) is 16.6. The largest absolute Gasteiger partial charge is 0.311 e. The van der Waals surface area contributed by atoms with Gasteiger partial charge >= 0.3 is 0 Å². The van der Waals surface area contributed by atoms with Gasteiger partial charge in [0.1, 0.15) is 0 Å². The molecule has 0 saturated carbocycles. The predicted molar refractivity (Wildman–Crippen MR) is 215 cm³/mol. The summed E-state index contributed by atoms with van der Waals surface area (Å²) in [5.74, 6) is 0. The molecule has 5 aromatic carbocycles. The average molecular weight is 677 g/mol. The molecule has 0 atom stereocenters. The smallest absolute Gasteiger partial charge is 0.264 e. The molecule has 0 spiro atoms. The van der Waals surface area contributed by atoms with Crippen molar-refractivity contribution in [2.24, 2.45) is 0 Å². The van der Waals surface area contributed by atoms with E-state index in [-0.39, 0.29) is 23.0 Å². The molecule has 0 bridgehead atoms. The lowest BCUT2D eigenvalue weighted by molar-refractivity contribution is 0.332. The molecule has 244 valence electrons. The van der Waals surface area contributed by atoms with Crippen molar-refractivity contribution >= 4 is 89.6 Å². The van der Waals surface area contributed by atoms with Crippen LogP contribution in [0.3, 0.4) is 0 Å². The van der Waals surface area contributed by atoms with Gasteiger partial charge in [0, 0.05) is 48.3 Å². The molecule has 0 fully saturated rings. The third-order valence-electron chi connectivity index (χ3n) is 11.5. The minimum Gasteiger partial charge on any atom is -0.311 e. The number of fused-ring (bicyclic) bond motifs is 7. The fourth-order valence-electron chi connectivity index (χ4n) is 8.69. The first-order valence-electron chi connectivity index (χ1n) is 17.6. The first-order valence-corrected chi connectivity index (χ1v) is 18.8. The number of benzene rings is 5. The second-order valence-corrected chi connectivity index (χ2v) is 18.1. The summed E-state index contributed by atoms with van der Waals surface area (Å²) in [6.45, 7) is 16.7. The normalized spacial score (nSPS) is 17.0. The van der Waals surface area contributed by atoms with Gasteiger partial charge in [-0.25, -0.2) is 0 Å². The summed E-state index contributed by atoms with van der Waals surface area (Å²) < 4.78 is 2.72. The van der Waals surface area contributed by atoms with E-state index < -0.39 is 0 Å². The van der Waals surface area contributed by atoms with Crippen LogP contribution >= 0.6 is 22.9 Å². The minimum absolute atomic E-state index is 0.0718. The van der Waals surface area contributed by atoms with E-state index in [0.29, 0.717) is 0 Å². The number of anilines is 6. The molecule has 2 nitrogen and oxygen atoms in total. The second kappa shape index (κ2) is 10.5. The van der Waals surface area contributed by atoms with Gasteiger partial charge in [-0.3, -0.25) is 0 Å². The highest BCUT2D eigenvalue weighted by molar-refractivity contribution is 7.33. The summed E-state index contributed by atoms with van der Waals surface area (Å²) >= 11 is 9.17. The molecule has 1 aliphatic carbocycles. The van der Waals surface area contributed by atoms with E-state index >= 15 is 0 Å². The van der Waals surface area contributed by atoms with Crippen LogP contribution in [0.15, 0.2) is 103 Å². The number of nitrogens with zero attached hydrogens (tertiary/aromatic N) is 2. The predicted octanol–water partition coefficient (Wildman–Crippen LogP) is 11.3. The highest BCUT2D eigenvalue weighted by Crippen LogP contribution is 2.52. The molecule has 3 aliphatic rings. The Balaban J connectivity index is 1.40. The number of rotatable bonds is 2. The van der Waals surface area contributed by atoms with Crippen molar-refractivity contribution in [3.63, 3.8) is 0 Å². The number of thiophene rings is 1. The van der Waals surface area contributed by atoms with Gasteiger partial charge in [0.15, 0.2) is 0 Å². The first-order chi connectivity index (χ1) is 23.3. The molecule has 3 heterocycles. The topological polar surface area (TPSA) is 6.48 Å². The van der Waals surface area contributed by atoms with Crippen LogP contribution in [0.5, 0.6) is 0 Å². The fourth-order valence-corrected chi connectivity index (χ4v) is 10.2. The highest BCUT2D eigenvalue weighted by atomic mass is 35.5. The van der Waals surface area contributed by atoms with Crippen LogP contribution in [-0.2, 0) is 16.2 Å². The third kappa shape index (κ3) is 4.60. The maximum absolute atomic E-state index is 7.22. The Hall–Kier alpha value is -3.99. The summed E-state index contributed by atoms with van der Waals surface area (Å²) in [7, 11) is 0. The van der Waals surface area contributed by atoms with Crippen molar-refractivity contribution in [1.82, 2.24) is 0 Å². The zero-order valence-corrected chi connectivity index (χ0v) is 31.1. The van der Waals surface area contributed by atoms with Gasteiger partial charge < -0.3 is 9.80 Å². The van der Waals surface area contributed by atoms with Gasteiger partial charge in [0.2, 0.25) is 0 Å². The Morgan fingerprint density at radius 2 is 1.27 bits per heavy atom. The standard InChI is InChI=1S/C44H42BClN2S/c1-42(2,3)27-17-19-30(20-18-27)48-37-24-28(46)23-36-39(37)45(41-40(48)31-15-11-12-16-38(31)49-41)34-25-32-33(44(6,7)22-21-43(32,4)5)26-35(34)47(36)29-13-9-8-10-14-29/h8-20,23-26H,21-22H2,1-7H3. The SMILES string of the molecule is CC(C)(C)c1ccc(N2c3cc(Cl)cc4c3B(c3cc5c(cc3N4c3ccccc3)C(C)(C)CCC5(C)C)c3sc4ccccc4c32)cc1. The lowest BCUT2D eigenvalue weighted by atomic mass is 9.35. The number of halogens is 1. The summed E-state index contributed by atoms with van der Waals surface area (Å²) in [5.41, 5.74) is 14.5. The Kier molecular flexibility index (Phi) is 6.66. The molecule has 2 aliphatic heterocycles. The van der Waals surface area contributed by atoms with Crippen LogP contribution in [-0.4, -0.2) is 6.71 Å². The quantitative estimate of drug-likeness (QED) is 0.168. The molecule has 0 unspecified atom stereocenters. The average Bonchev–Trinajstić information content (AvgIpc) is 3.45. The van der Waals surface area contributed by atoms with Crippen molar-refractivity contribution in [2.75, 3.05) is 9.80 Å². The lowest BCUT2D eigenvalue weighted by Crippen LogP contribution is -2.61. The van der Waals surface area contributed by atoms with E-state index in [2.05, 4.69) is 161 Å². The molecule has 49 heavy (non-hydrogen) atoms. The molecule has 9 rings (SSSR count). The van der Waals surface area contributed by atoms with Crippen LogP contribution in [0.25, 0.3) is 10.1 Å². The number of para-hydroxylation sites is 1. The number of hydrogen-bond acceptors (Lipinski definition) is 3. The Labute approximate surface area is 300 Å². The van der Waals surface area contributed by atoms with Crippen molar-refractivity contribution in [1.29, 1.82) is 0 Å². The highest BCUT2D eigenvalue weighted by Gasteiger charge is 2.47. The monoisotopic (exact) mass is 676 g/mol. The summed E-state index contributed by atoms with van der Waals surface area (Å²) in [6, 6.07) is 38.6. The van der Waals surface area contributed by atoms with E-state index in [4.69, 9.17) is 11.6 Å². The van der Waals surface area contributed by atoms with E-state index in [0.717, 1.165) is 22.1 Å². The fraction of sp³-hybridized carbons (Fsp3) is 0.273. The zero-order valence-electron chi connectivity index (χ0n) is 29.5. The zero-order chi connectivity index (χ0) is 34.0. The van der Waals surface area contributed by atoms with E-state index in [9.17, 15) is 0 Å². The maximum Gasteiger partial charge on any atom is 0.264 e. The van der Waals surface area contributed by atoms with Crippen LogP contribution in [0.1, 0.15) is 78.0 Å². The van der Waals surface area contributed by atoms with Gasteiger partial charge in [-0.05, 0) is 105 Å². The summed E-state index contributed by atoms with van der Waals surface area (Å²) in [6.07, 6.45) is 2.36. The first kappa shape index (κ1) is 31.0. The van der Waals surface area contributed by atoms with Crippen molar-refractivity contribution in [2.45, 2.75) is 77.6 Å². The van der Waals surface area contributed by atoms with Crippen LogP contribution < -0.4 is 25.5 Å². The number of hydrogen-bond donors (Lipinski definition) is 0. The van der Waals surface area contributed by atoms with Gasteiger partial charge in [0.25, 0.3) is 6.71 Å². The summed E-state index contributed by atoms with van der Waals surface area (Å²) in [4.78, 5) is 5.00. The molecule has 5 heteroatoms. The Bertz CT molecular complexity index is 2300. The maximum atomic E-state index is 7.22. The molecule has 0 amide bonds. The van der Waals surface area contributed by atoms with Crippen molar-refractivity contribution in [3.05, 3.63) is 125 Å². The minimum atomic E-state index is 0.0718. The molecular weight excluding hydrogens is 635 g/mol. The lowest BCUT2D eigenvalue weighted by Gasteiger charge is -2.47. The summed E-state index contributed by atoms with van der Waals surface area (Å²) in [5, 5.41) is 2.04.